The number of nitrogens with one attached hydrogen (secondary N) is 1. The van der Waals surface area contributed by atoms with Crippen LogP contribution in [0.3, 0.4) is 0 Å². The summed E-state index contributed by atoms with van der Waals surface area (Å²) in [5.41, 5.74) is 0.809. The fourth-order valence-electron chi connectivity index (χ4n) is 2.45. The second-order valence-corrected chi connectivity index (χ2v) is 5.51. The molecule has 0 aliphatic heterocycles. The Labute approximate surface area is 151 Å². The van der Waals surface area contributed by atoms with E-state index in [0.29, 0.717) is 10.9 Å². The van der Waals surface area contributed by atoms with Gasteiger partial charge in [0.15, 0.2) is 5.69 Å². The molecule has 2 amide bonds. The predicted octanol–water partition coefficient (Wildman–Crippen LogP) is 3.04. The van der Waals surface area contributed by atoms with Crippen molar-refractivity contribution < 1.29 is 19.6 Å². The van der Waals surface area contributed by atoms with Crippen molar-refractivity contribution in [3.63, 3.8) is 0 Å². The molecule has 10 nitrogen and oxygen atoms in total. The number of carbonyl (C=O) groups excluding carboxylic acids is 2. The fourth-order valence-corrected chi connectivity index (χ4v) is 2.45. The molecule has 3 aromatic rings. The molecule has 0 aliphatic rings. The maximum absolute atomic E-state index is 11.9. The number of aryl methyl sites for hydroxylation is 1. The average molecular weight is 367 g/mol. The van der Waals surface area contributed by atoms with Crippen LogP contribution in [-0.4, -0.2) is 26.4 Å². The Kier molecular flexibility index (Phi) is 4.62. The molecule has 0 fully saturated rings. The topological polar surface area (TPSA) is 139 Å². The number of rotatable bonds is 3. The summed E-state index contributed by atoms with van der Waals surface area (Å²) in [6.07, 6.45) is 0. The Balaban J connectivity index is 1.76. The van der Waals surface area contributed by atoms with Crippen molar-refractivity contribution in [2.75, 3.05) is 5.32 Å². The number of hydrogen-bond acceptors (Lipinski definition) is 6. The van der Waals surface area contributed by atoms with E-state index in [1.165, 1.54) is 28.8 Å². The molecular formula is C17H13N5O5. The zero-order valence-corrected chi connectivity index (χ0v) is 14.0. The van der Waals surface area contributed by atoms with Crippen LogP contribution in [0.15, 0.2) is 58.8 Å². The first-order chi connectivity index (χ1) is 12.9. The molecule has 3 rings (SSSR count). The van der Waals surface area contributed by atoms with Gasteiger partial charge >= 0.3 is 11.8 Å². The lowest BCUT2D eigenvalue weighted by molar-refractivity contribution is -0.384. The van der Waals surface area contributed by atoms with Crippen LogP contribution in [0.2, 0.25) is 0 Å². The molecule has 0 bridgehead atoms. The standard InChI is InChI=1S/C17H13N5O5/c1-21-13-5-3-2-4-12(13)14(17(21)25)19-20-16(24)15(23)18-10-6-8-11(9-7-10)22(26)27/h2-9,25H,1H3,(H,18,23). The molecule has 0 saturated carbocycles. The number of carbonyl (C=O) groups is 2. The average Bonchev–Trinajstić information content (AvgIpc) is 2.91. The molecule has 1 heterocycles. The highest BCUT2D eigenvalue weighted by Gasteiger charge is 2.17. The van der Waals surface area contributed by atoms with E-state index in [1.807, 2.05) is 0 Å². The molecule has 0 radical (unpaired) electrons. The zero-order chi connectivity index (χ0) is 19.6. The van der Waals surface area contributed by atoms with Crippen molar-refractivity contribution in [3.8, 4) is 5.88 Å². The molecule has 10 heteroatoms. The van der Waals surface area contributed by atoms with Crippen molar-refractivity contribution in [3.05, 3.63) is 58.6 Å². The summed E-state index contributed by atoms with van der Waals surface area (Å²) in [5, 5.41) is 30.6. The summed E-state index contributed by atoms with van der Waals surface area (Å²) in [5.74, 6) is -2.43. The number of nitro benzene ring substituents is 1. The summed E-state index contributed by atoms with van der Waals surface area (Å²) < 4.78 is 1.48. The van der Waals surface area contributed by atoms with Gasteiger partial charge in [-0.2, -0.15) is 0 Å². The van der Waals surface area contributed by atoms with Gasteiger partial charge in [-0.15, -0.1) is 10.2 Å². The Morgan fingerprint density at radius 2 is 1.81 bits per heavy atom. The van der Waals surface area contributed by atoms with E-state index in [2.05, 4.69) is 15.5 Å². The van der Waals surface area contributed by atoms with Crippen molar-refractivity contribution in [1.29, 1.82) is 0 Å². The zero-order valence-electron chi connectivity index (χ0n) is 14.0. The molecule has 0 saturated heterocycles. The molecule has 0 spiro atoms. The number of hydrogen-bond donors (Lipinski definition) is 2. The van der Waals surface area contributed by atoms with Gasteiger partial charge in [-0.05, 0) is 18.2 Å². The predicted molar refractivity (Wildman–Crippen MR) is 95.8 cm³/mol. The highest BCUT2D eigenvalue weighted by atomic mass is 16.6. The first kappa shape index (κ1) is 17.7. The maximum atomic E-state index is 11.9. The number of non-ortho nitro benzene ring substituents is 1. The Morgan fingerprint density at radius 3 is 2.48 bits per heavy atom. The molecule has 2 aromatic carbocycles. The fraction of sp³-hybridized carbons (Fsp3) is 0.0588. The molecule has 136 valence electrons. The number of benzene rings is 2. The number of amides is 2. The largest absolute Gasteiger partial charge is 0.493 e. The number of anilines is 1. The van der Waals surface area contributed by atoms with Gasteiger partial charge in [0.1, 0.15) is 0 Å². The van der Waals surface area contributed by atoms with E-state index in [1.54, 1.807) is 31.3 Å². The molecule has 1 aromatic heterocycles. The minimum Gasteiger partial charge on any atom is -0.493 e. The lowest BCUT2D eigenvalue weighted by Crippen LogP contribution is -2.20. The molecule has 27 heavy (non-hydrogen) atoms. The number of nitrogens with zero attached hydrogens (tertiary/aromatic N) is 4. The monoisotopic (exact) mass is 367 g/mol. The van der Waals surface area contributed by atoms with Gasteiger partial charge in [0, 0.05) is 30.3 Å². The van der Waals surface area contributed by atoms with E-state index < -0.39 is 16.7 Å². The highest BCUT2D eigenvalue weighted by molar-refractivity contribution is 6.40. The minimum absolute atomic E-state index is 0.0737. The summed E-state index contributed by atoms with van der Waals surface area (Å²) in [6.45, 7) is 0. The maximum Gasteiger partial charge on any atom is 0.353 e. The Morgan fingerprint density at radius 1 is 1.15 bits per heavy atom. The summed E-state index contributed by atoms with van der Waals surface area (Å²) >= 11 is 0. The number of aromatic nitrogens is 1. The third kappa shape index (κ3) is 3.49. The lowest BCUT2D eigenvalue weighted by Gasteiger charge is -2.01. The van der Waals surface area contributed by atoms with Gasteiger partial charge in [0.2, 0.25) is 5.88 Å². The molecule has 0 unspecified atom stereocenters. The Hall–Kier alpha value is -4.08. The highest BCUT2D eigenvalue weighted by Crippen LogP contribution is 2.37. The van der Waals surface area contributed by atoms with E-state index in [4.69, 9.17) is 0 Å². The summed E-state index contributed by atoms with van der Waals surface area (Å²) in [6, 6.07) is 11.9. The second kappa shape index (κ2) is 7.04. The molecule has 2 N–H and O–H groups in total. The third-order valence-electron chi connectivity index (χ3n) is 3.82. The molecule has 0 atom stereocenters. The van der Waals surface area contributed by atoms with Gasteiger partial charge in [0.25, 0.3) is 5.69 Å². The van der Waals surface area contributed by atoms with E-state index in [-0.39, 0.29) is 22.9 Å². The van der Waals surface area contributed by atoms with Gasteiger partial charge in [-0.25, -0.2) is 0 Å². The van der Waals surface area contributed by atoms with Crippen molar-refractivity contribution in [2.24, 2.45) is 17.3 Å². The van der Waals surface area contributed by atoms with E-state index in [9.17, 15) is 24.8 Å². The van der Waals surface area contributed by atoms with Gasteiger partial charge < -0.3 is 15.0 Å². The lowest BCUT2D eigenvalue weighted by atomic mass is 10.2. The van der Waals surface area contributed by atoms with Crippen LogP contribution in [0.4, 0.5) is 17.1 Å². The van der Waals surface area contributed by atoms with Crippen molar-refractivity contribution >= 4 is 39.8 Å². The number of aromatic hydroxyl groups is 1. The SMILES string of the molecule is Cn1c(O)c(N=NC(=O)C(=O)Nc2ccc([N+](=O)[O-])cc2)c2ccccc21. The third-order valence-corrected chi connectivity index (χ3v) is 3.82. The van der Waals surface area contributed by atoms with Gasteiger partial charge in [-0.3, -0.25) is 19.7 Å². The quantitative estimate of drug-likeness (QED) is 0.317. The van der Waals surface area contributed by atoms with Gasteiger partial charge in [-0.1, -0.05) is 18.2 Å². The smallest absolute Gasteiger partial charge is 0.353 e. The summed E-state index contributed by atoms with van der Waals surface area (Å²) in [7, 11) is 1.62. The van der Waals surface area contributed by atoms with Crippen LogP contribution < -0.4 is 5.32 Å². The van der Waals surface area contributed by atoms with Crippen LogP contribution in [-0.2, 0) is 16.6 Å². The van der Waals surface area contributed by atoms with Crippen LogP contribution in [0, 0.1) is 10.1 Å². The van der Waals surface area contributed by atoms with Crippen molar-refractivity contribution in [1.82, 2.24) is 4.57 Å². The molecular weight excluding hydrogens is 354 g/mol. The van der Waals surface area contributed by atoms with Crippen LogP contribution in [0.5, 0.6) is 5.88 Å². The van der Waals surface area contributed by atoms with Crippen molar-refractivity contribution in [2.45, 2.75) is 0 Å². The second-order valence-electron chi connectivity index (χ2n) is 5.51. The van der Waals surface area contributed by atoms with Gasteiger partial charge in [0.05, 0.1) is 10.4 Å². The van der Waals surface area contributed by atoms with Crippen LogP contribution in [0.1, 0.15) is 0 Å². The number of fused-ring (bicyclic) bond motifs is 1. The molecule has 0 aliphatic carbocycles. The first-order valence-corrected chi connectivity index (χ1v) is 7.66. The number of nitro groups is 1. The Bertz CT molecular complexity index is 1090. The minimum atomic E-state index is -1.18. The first-order valence-electron chi connectivity index (χ1n) is 7.66. The normalized spacial score (nSPS) is 11.0. The van der Waals surface area contributed by atoms with E-state index >= 15 is 0 Å². The number of azo groups is 1. The number of para-hydroxylation sites is 1. The van der Waals surface area contributed by atoms with Crippen LogP contribution >= 0.6 is 0 Å². The van der Waals surface area contributed by atoms with Crippen LogP contribution in [0.25, 0.3) is 10.9 Å². The van der Waals surface area contributed by atoms with E-state index in [0.717, 1.165) is 0 Å². The summed E-state index contributed by atoms with van der Waals surface area (Å²) in [4.78, 5) is 33.8.